The predicted molar refractivity (Wildman–Crippen MR) is 69.9 cm³/mol. The van der Waals surface area contributed by atoms with Crippen molar-refractivity contribution in [3.05, 3.63) is 11.4 Å². The molecule has 0 atom stereocenters. The van der Waals surface area contributed by atoms with Crippen molar-refractivity contribution in [1.82, 2.24) is 15.0 Å². The number of hydrogen-bond acceptors (Lipinski definition) is 4. The highest BCUT2D eigenvalue weighted by Gasteiger charge is 2.16. The summed E-state index contributed by atoms with van der Waals surface area (Å²) in [5.41, 5.74) is 7.70. The van der Waals surface area contributed by atoms with Gasteiger partial charge in [0.15, 0.2) is 0 Å². The van der Waals surface area contributed by atoms with E-state index in [1.807, 2.05) is 4.68 Å². The number of nitrogens with two attached hydrogens (primary N) is 1. The van der Waals surface area contributed by atoms with E-state index in [0.29, 0.717) is 13.1 Å². The topological polar surface area (TPSA) is 77.0 Å². The van der Waals surface area contributed by atoms with E-state index < -0.39 is 0 Å². The molecule has 5 nitrogen and oxygen atoms in total. The van der Waals surface area contributed by atoms with Gasteiger partial charge in [-0.15, -0.1) is 5.10 Å². The number of nitrogens with zero attached hydrogens (tertiary/aromatic N) is 3. The molecule has 1 aliphatic carbocycles. The van der Waals surface area contributed by atoms with Gasteiger partial charge < -0.3 is 10.8 Å². The van der Waals surface area contributed by atoms with Gasteiger partial charge in [-0.2, -0.15) is 0 Å². The van der Waals surface area contributed by atoms with Crippen LogP contribution in [0.4, 0.5) is 0 Å². The molecule has 1 fully saturated rings. The van der Waals surface area contributed by atoms with E-state index in [2.05, 4.69) is 10.3 Å². The predicted octanol–water partition coefficient (Wildman–Crippen LogP) is 1.24. The lowest BCUT2D eigenvalue weighted by molar-refractivity contribution is 0.264. The smallest absolute Gasteiger partial charge is 0.0994 e. The van der Waals surface area contributed by atoms with Crippen LogP contribution >= 0.6 is 0 Å². The molecule has 2 rings (SSSR count). The van der Waals surface area contributed by atoms with E-state index >= 15 is 0 Å². The standard InChI is InChI=1S/C13H24N4O/c14-10-12-13(17(8-9-18)16-15-12)7-6-11-4-2-1-3-5-11/h11,18H,1-10,14H2. The van der Waals surface area contributed by atoms with E-state index in [4.69, 9.17) is 10.8 Å². The average molecular weight is 252 g/mol. The van der Waals surface area contributed by atoms with Crippen LogP contribution in [0.3, 0.4) is 0 Å². The molecule has 102 valence electrons. The van der Waals surface area contributed by atoms with Crippen LogP contribution in [0, 0.1) is 5.92 Å². The Labute approximate surface area is 108 Å². The van der Waals surface area contributed by atoms with Gasteiger partial charge >= 0.3 is 0 Å². The summed E-state index contributed by atoms with van der Waals surface area (Å²) in [6, 6.07) is 0. The van der Waals surface area contributed by atoms with Crippen molar-refractivity contribution in [2.24, 2.45) is 11.7 Å². The van der Waals surface area contributed by atoms with Crippen molar-refractivity contribution < 1.29 is 5.11 Å². The molecule has 3 N–H and O–H groups in total. The average Bonchev–Trinajstić information content (AvgIpc) is 2.80. The fourth-order valence-electron chi connectivity index (χ4n) is 2.89. The number of aliphatic hydroxyl groups is 1. The second-order valence-electron chi connectivity index (χ2n) is 5.18. The Bertz CT molecular complexity index is 358. The van der Waals surface area contributed by atoms with Gasteiger partial charge in [0.1, 0.15) is 0 Å². The molecule has 0 unspecified atom stereocenters. The van der Waals surface area contributed by atoms with Gasteiger partial charge in [-0.05, 0) is 18.8 Å². The Kier molecular flexibility index (Phi) is 5.13. The van der Waals surface area contributed by atoms with Crippen molar-refractivity contribution >= 4 is 0 Å². The Hall–Kier alpha value is -0.940. The quantitative estimate of drug-likeness (QED) is 0.798. The first-order valence-corrected chi connectivity index (χ1v) is 7.07. The van der Waals surface area contributed by atoms with Crippen molar-refractivity contribution in [3.8, 4) is 0 Å². The maximum Gasteiger partial charge on any atom is 0.0994 e. The van der Waals surface area contributed by atoms with E-state index in [0.717, 1.165) is 23.7 Å². The molecular formula is C13H24N4O. The Balaban J connectivity index is 1.95. The molecule has 0 bridgehead atoms. The molecule has 1 heterocycles. The first kappa shape index (κ1) is 13.5. The number of aromatic nitrogens is 3. The fraction of sp³-hybridized carbons (Fsp3) is 0.846. The monoisotopic (exact) mass is 252 g/mol. The molecule has 1 aromatic rings. The Morgan fingerprint density at radius 2 is 2.06 bits per heavy atom. The third-order valence-corrected chi connectivity index (χ3v) is 3.94. The molecular weight excluding hydrogens is 228 g/mol. The Morgan fingerprint density at radius 3 is 2.72 bits per heavy atom. The Morgan fingerprint density at radius 1 is 1.28 bits per heavy atom. The normalized spacial score (nSPS) is 17.2. The molecule has 18 heavy (non-hydrogen) atoms. The lowest BCUT2D eigenvalue weighted by Crippen LogP contribution is -2.13. The zero-order chi connectivity index (χ0) is 12.8. The van der Waals surface area contributed by atoms with Crippen LogP contribution in [0.25, 0.3) is 0 Å². The SMILES string of the molecule is NCc1nnn(CCO)c1CCC1CCCCC1. The molecule has 1 saturated carbocycles. The van der Waals surface area contributed by atoms with Crippen LogP contribution < -0.4 is 5.73 Å². The van der Waals surface area contributed by atoms with Crippen LogP contribution in [-0.2, 0) is 19.5 Å². The molecule has 0 radical (unpaired) electrons. The summed E-state index contributed by atoms with van der Waals surface area (Å²) < 4.78 is 1.81. The summed E-state index contributed by atoms with van der Waals surface area (Å²) in [5.74, 6) is 0.849. The highest BCUT2D eigenvalue weighted by Crippen LogP contribution is 2.27. The lowest BCUT2D eigenvalue weighted by atomic mass is 9.85. The summed E-state index contributed by atoms with van der Waals surface area (Å²) >= 11 is 0. The summed E-state index contributed by atoms with van der Waals surface area (Å²) in [7, 11) is 0. The highest BCUT2D eigenvalue weighted by atomic mass is 16.3. The molecule has 0 spiro atoms. The summed E-state index contributed by atoms with van der Waals surface area (Å²) in [6.45, 7) is 1.06. The van der Waals surface area contributed by atoms with Gasteiger partial charge in [0.2, 0.25) is 0 Å². The fourth-order valence-corrected chi connectivity index (χ4v) is 2.89. The van der Waals surface area contributed by atoms with Gasteiger partial charge in [-0.25, -0.2) is 4.68 Å². The van der Waals surface area contributed by atoms with Crippen molar-refractivity contribution in [2.75, 3.05) is 6.61 Å². The second kappa shape index (κ2) is 6.85. The minimum atomic E-state index is 0.101. The minimum Gasteiger partial charge on any atom is -0.394 e. The van der Waals surface area contributed by atoms with Crippen LogP contribution in [-0.4, -0.2) is 26.7 Å². The zero-order valence-corrected chi connectivity index (χ0v) is 11.0. The van der Waals surface area contributed by atoms with Crippen LogP contribution in [0.2, 0.25) is 0 Å². The van der Waals surface area contributed by atoms with Crippen molar-refractivity contribution in [2.45, 2.75) is 58.0 Å². The van der Waals surface area contributed by atoms with Crippen LogP contribution in [0.1, 0.15) is 49.9 Å². The van der Waals surface area contributed by atoms with Gasteiger partial charge in [-0.1, -0.05) is 37.3 Å². The maximum absolute atomic E-state index is 9.02. The van der Waals surface area contributed by atoms with Gasteiger partial charge in [-0.3, -0.25) is 0 Å². The zero-order valence-electron chi connectivity index (χ0n) is 11.0. The van der Waals surface area contributed by atoms with E-state index in [1.54, 1.807) is 0 Å². The van der Waals surface area contributed by atoms with Crippen molar-refractivity contribution in [3.63, 3.8) is 0 Å². The first-order chi connectivity index (χ1) is 8.85. The third kappa shape index (κ3) is 3.29. The lowest BCUT2D eigenvalue weighted by Gasteiger charge is -2.21. The van der Waals surface area contributed by atoms with E-state index in [-0.39, 0.29) is 6.61 Å². The van der Waals surface area contributed by atoms with Crippen molar-refractivity contribution in [1.29, 1.82) is 0 Å². The third-order valence-electron chi connectivity index (χ3n) is 3.94. The summed E-state index contributed by atoms with van der Waals surface area (Å²) in [5, 5.41) is 17.2. The number of hydrogen-bond donors (Lipinski definition) is 2. The second-order valence-corrected chi connectivity index (χ2v) is 5.18. The number of aliphatic hydroxyl groups excluding tert-OH is 1. The van der Waals surface area contributed by atoms with Gasteiger partial charge in [0.05, 0.1) is 24.5 Å². The molecule has 0 saturated heterocycles. The van der Waals surface area contributed by atoms with Gasteiger partial charge in [0, 0.05) is 6.54 Å². The highest BCUT2D eigenvalue weighted by molar-refractivity contribution is 5.10. The van der Waals surface area contributed by atoms with Crippen LogP contribution in [0.5, 0.6) is 0 Å². The van der Waals surface area contributed by atoms with Gasteiger partial charge in [0.25, 0.3) is 0 Å². The summed E-state index contributed by atoms with van der Waals surface area (Å²) in [6.07, 6.45) is 9.06. The molecule has 0 aliphatic heterocycles. The van der Waals surface area contributed by atoms with E-state index in [1.165, 1.54) is 38.5 Å². The molecule has 0 amide bonds. The molecule has 5 heteroatoms. The maximum atomic E-state index is 9.02. The molecule has 0 aromatic carbocycles. The molecule has 1 aliphatic rings. The number of rotatable bonds is 6. The summed E-state index contributed by atoms with van der Waals surface area (Å²) in [4.78, 5) is 0. The van der Waals surface area contributed by atoms with E-state index in [9.17, 15) is 0 Å². The molecule has 1 aromatic heterocycles. The van der Waals surface area contributed by atoms with Crippen LogP contribution in [0.15, 0.2) is 0 Å². The first-order valence-electron chi connectivity index (χ1n) is 7.07. The largest absolute Gasteiger partial charge is 0.394 e. The minimum absolute atomic E-state index is 0.101.